The van der Waals surface area contributed by atoms with Crippen molar-refractivity contribution in [3.8, 4) is 11.5 Å². The first-order chi connectivity index (χ1) is 14.9. The minimum Gasteiger partial charge on any atom is -0.504 e. The zero-order chi connectivity index (χ0) is 22.1. The molecular formula is C21H21N5O5. The van der Waals surface area contributed by atoms with Crippen LogP contribution in [0.5, 0.6) is 11.5 Å². The number of rotatable bonds is 5. The number of nitrogens with one attached hydrogen (secondary N) is 2. The molecule has 2 aromatic carbocycles. The van der Waals surface area contributed by atoms with Crippen LogP contribution in [0, 0.1) is 10.1 Å². The van der Waals surface area contributed by atoms with Crippen molar-refractivity contribution in [1.82, 2.24) is 10.2 Å². The first-order valence-corrected chi connectivity index (χ1v) is 9.60. The molecule has 1 atom stereocenters. The van der Waals surface area contributed by atoms with Crippen molar-refractivity contribution in [2.75, 3.05) is 25.5 Å². The third-order valence-corrected chi connectivity index (χ3v) is 5.26. The van der Waals surface area contributed by atoms with Gasteiger partial charge in [0.15, 0.2) is 17.5 Å². The number of nitro benzene ring substituents is 1. The molecule has 4 rings (SSSR count). The molecule has 10 heteroatoms. The molecule has 2 aliphatic heterocycles. The maximum Gasteiger partial charge on any atom is 0.269 e. The second-order valence-corrected chi connectivity index (χ2v) is 7.15. The fourth-order valence-corrected chi connectivity index (χ4v) is 3.79. The number of phenolic OH excluding ortho intramolecular Hbond substituents is 1. The maximum absolute atomic E-state index is 13.3. The summed E-state index contributed by atoms with van der Waals surface area (Å²) >= 11 is 0. The highest BCUT2D eigenvalue weighted by Gasteiger charge is 2.38. The minimum absolute atomic E-state index is 0.00748. The molecule has 160 valence electrons. The number of carbonyl (C=O) groups is 1. The number of amides is 1. The Hall–Kier alpha value is -4.08. The van der Waals surface area contributed by atoms with Crippen LogP contribution in [0.1, 0.15) is 18.5 Å². The Morgan fingerprint density at radius 2 is 2.06 bits per heavy atom. The number of phenols is 1. The van der Waals surface area contributed by atoms with Gasteiger partial charge in [0.05, 0.1) is 30.2 Å². The number of nitro groups is 1. The lowest BCUT2D eigenvalue weighted by molar-refractivity contribution is -0.384. The van der Waals surface area contributed by atoms with Gasteiger partial charge in [-0.2, -0.15) is 0 Å². The third-order valence-electron chi connectivity index (χ3n) is 5.26. The van der Waals surface area contributed by atoms with Gasteiger partial charge >= 0.3 is 0 Å². The molecule has 31 heavy (non-hydrogen) atoms. The first kappa shape index (κ1) is 20.2. The van der Waals surface area contributed by atoms with Crippen molar-refractivity contribution in [3.63, 3.8) is 0 Å². The number of aromatic hydroxyl groups is 1. The van der Waals surface area contributed by atoms with Crippen LogP contribution in [-0.4, -0.2) is 47.0 Å². The van der Waals surface area contributed by atoms with E-state index in [1.54, 1.807) is 19.1 Å². The van der Waals surface area contributed by atoms with E-state index in [9.17, 15) is 20.0 Å². The summed E-state index contributed by atoms with van der Waals surface area (Å²) in [6, 6.07) is 10.2. The number of anilines is 1. The van der Waals surface area contributed by atoms with E-state index in [-0.39, 0.29) is 17.3 Å². The van der Waals surface area contributed by atoms with E-state index in [1.165, 1.54) is 37.4 Å². The maximum atomic E-state index is 13.3. The van der Waals surface area contributed by atoms with Gasteiger partial charge in [0.25, 0.3) is 11.6 Å². The molecule has 1 unspecified atom stereocenters. The number of fused-ring (bicyclic) bond motifs is 1. The van der Waals surface area contributed by atoms with Gasteiger partial charge in [-0.3, -0.25) is 19.9 Å². The van der Waals surface area contributed by atoms with Crippen LogP contribution in [0.15, 0.2) is 58.7 Å². The normalized spacial score (nSPS) is 17.5. The van der Waals surface area contributed by atoms with E-state index in [2.05, 4.69) is 15.6 Å². The van der Waals surface area contributed by atoms with Gasteiger partial charge in [-0.1, -0.05) is 6.07 Å². The molecule has 2 heterocycles. The molecule has 0 radical (unpaired) electrons. The van der Waals surface area contributed by atoms with E-state index in [4.69, 9.17) is 4.74 Å². The zero-order valence-electron chi connectivity index (χ0n) is 17.0. The number of benzene rings is 2. The van der Waals surface area contributed by atoms with Gasteiger partial charge in [-0.05, 0) is 36.8 Å². The van der Waals surface area contributed by atoms with E-state index in [1.807, 2.05) is 4.90 Å². The van der Waals surface area contributed by atoms with E-state index in [0.29, 0.717) is 41.8 Å². The molecule has 10 nitrogen and oxygen atoms in total. The van der Waals surface area contributed by atoms with E-state index >= 15 is 0 Å². The van der Waals surface area contributed by atoms with Gasteiger partial charge in [0.1, 0.15) is 0 Å². The average Bonchev–Trinajstić information content (AvgIpc) is 3.21. The van der Waals surface area contributed by atoms with Gasteiger partial charge in [0.2, 0.25) is 0 Å². The molecule has 0 spiro atoms. The fourth-order valence-electron chi connectivity index (χ4n) is 3.79. The number of ether oxygens (including phenoxy) is 1. The van der Waals surface area contributed by atoms with Crippen molar-refractivity contribution in [2.24, 2.45) is 4.99 Å². The zero-order valence-corrected chi connectivity index (χ0v) is 17.0. The smallest absolute Gasteiger partial charge is 0.269 e. The Labute approximate surface area is 178 Å². The lowest BCUT2D eigenvalue weighted by Gasteiger charge is -2.37. The summed E-state index contributed by atoms with van der Waals surface area (Å²) in [5.41, 5.74) is 2.28. The molecular weight excluding hydrogens is 402 g/mol. The summed E-state index contributed by atoms with van der Waals surface area (Å²) in [4.78, 5) is 30.1. The Balaban J connectivity index is 1.71. The second-order valence-electron chi connectivity index (χ2n) is 7.15. The van der Waals surface area contributed by atoms with Crippen molar-refractivity contribution in [1.29, 1.82) is 0 Å². The Morgan fingerprint density at radius 3 is 2.74 bits per heavy atom. The van der Waals surface area contributed by atoms with Crippen molar-refractivity contribution >= 4 is 23.2 Å². The van der Waals surface area contributed by atoms with Crippen LogP contribution in [0.3, 0.4) is 0 Å². The van der Waals surface area contributed by atoms with Gasteiger partial charge in [-0.25, -0.2) is 0 Å². The highest BCUT2D eigenvalue weighted by atomic mass is 16.6. The van der Waals surface area contributed by atoms with Crippen LogP contribution < -0.4 is 15.4 Å². The lowest BCUT2D eigenvalue weighted by Crippen LogP contribution is -2.47. The largest absolute Gasteiger partial charge is 0.504 e. The number of non-ortho nitro benzene ring substituents is 1. The summed E-state index contributed by atoms with van der Waals surface area (Å²) in [5.74, 6) is 0.651. The fraction of sp³-hybridized carbons (Fsp3) is 0.238. The van der Waals surface area contributed by atoms with Crippen LogP contribution >= 0.6 is 0 Å². The number of methoxy groups -OCH3 is 1. The summed E-state index contributed by atoms with van der Waals surface area (Å²) in [6.45, 7) is 3.02. The lowest BCUT2D eigenvalue weighted by atomic mass is 9.92. The molecule has 2 aromatic rings. The number of aliphatic imine (C=N–C) groups is 1. The molecule has 0 bridgehead atoms. The second kappa shape index (κ2) is 7.98. The summed E-state index contributed by atoms with van der Waals surface area (Å²) < 4.78 is 5.25. The predicted molar refractivity (Wildman–Crippen MR) is 114 cm³/mol. The van der Waals surface area contributed by atoms with Crippen molar-refractivity contribution in [3.05, 3.63) is 69.4 Å². The summed E-state index contributed by atoms with van der Waals surface area (Å²) in [6.07, 6.45) is 0. The summed E-state index contributed by atoms with van der Waals surface area (Å²) in [5, 5.41) is 26.9. The molecule has 0 saturated heterocycles. The first-order valence-electron chi connectivity index (χ1n) is 9.60. The molecule has 0 fully saturated rings. The average molecular weight is 423 g/mol. The highest BCUT2D eigenvalue weighted by molar-refractivity contribution is 6.07. The Bertz CT molecular complexity index is 1110. The highest BCUT2D eigenvalue weighted by Crippen LogP contribution is 2.38. The quantitative estimate of drug-likeness (QED) is 0.498. The van der Waals surface area contributed by atoms with Crippen molar-refractivity contribution in [2.45, 2.75) is 13.0 Å². The topological polar surface area (TPSA) is 129 Å². The summed E-state index contributed by atoms with van der Waals surface area (Å²) in [7, 11) is 1.47. The molecule has 0 aliphatic carbocycles. The third kappa shape index (κ3) is 3.75. The number of hydrogen-bond donors (Lipinski definition) is 3. The van der Waals surface area contributed by atoms with E-state index in [0.717, 1.165) is 5.56 Å². The number of hydrogen-bond acceptors (Lipinski definition) is 8. The molecule has 0 saturated carbocycles. The van der Waals surface area contributed by atoms with Crippen LogP contribution in [0.4, 0.5) is 11.4 Å². The Morgan fingerprint density at radius 1 is 1.32 bits per heavy atom. The van der Waals surface area contributed by atoms with Gasteiger partial charge in [0, 0.05) is 30.1 Å². The number of nitrogens with zero attached hydrogens (tertiary/aromatic N) is 3. The van der Waals surface area contributed by atoms with Crippen LogP contribution in [0.25, 0.3) is 0 Å². The predicted octanol–water partition coefficient (Wildman–Crippen LogP) is 2.54. The number of allylic oxidation sites excluding steroid dienone is 1. The molecule has 2 aliphatic rings. The molecule has 0 aromatic heterocycles. The van der Waals surface area contributed by atoms with Gasteiger partial charge < -0.3 is 25.4 Å². The number of guanidine groups is 1. The monoisotopic (exact) mass is 423 g/mol. The standard InChI is InChI=1S/C21H21N5O5/c1-12-18(20(28)24-14-4-6-15(7-5-14)26(29)30)19(25-10-9-22-21(25)23-12)13-3-8-16(27)17(11-13)31-2/h3-8,11,19,27H,9-10H2,1-2H3,(H,22,23)(H,24,28). The van der Waals surface area contributed by atoms with Crippen molar-refractivity contribution < 1.29 is 19.6 Å². The molecule has 1 amide bonds. The SMILES string of the molecule is COc1cc(C2C(C(=O)Nc3ccc([N+](=O)[O-])cc3)=C(C)NC3=NCCN32)ccc1O. The number of carbonyl (C=O) groups excluding carboxylic acids is 1. The van der Waals surface area contributed by atoms with Gasteiger partial charge in [-0.15, -0.1) is 0 Å². The minimum atomic E-state index is -0.494. The Kier molecular flexibility index (Phi) is 5.20. The molecule has 3 N–H and O–H groups in total. The van der Waals surface area contributed by atoms with Crippen LogP contribution in [-0.2, 0) is 4.79 Å². The van der Waals surface area contributed by atoms with E-state index < -0.39 is 11.0 Å². The van der Waals surface area contributed by atoms with Crippen LogP contribution in [0.2, 0.25) is 0 Å².